The smallest absolute Gasteiger partial charge is 0.307 e. The molecule has 92 valence electrons. The van der Waals surface area contributed by atoms with Crippen LogP contribution < -0.4 is 0 Å². The maximum Gasteiger partial charge on any atom is 0.307 e. The van der Waals surface area contributed by atoms with E-state index < -0.39 is 17.8 Å². The predicted octanol–water partition coefficient (Wildman–Crippen LogP) is 1.74. The van der Waals surface area contributed by atoms with Gasteiger partial charge in [-0.3, -0.25) is 9.59 Å². The highest BCUT2D eigenvalue weighted by atomic mass is 16.4. The number of likely N-dealkylation sites (tertiary alicyclic amines) is 1. The number of rotatable bonds is 4. The molecule has 0 aromatic carbocycles. The minimum absolute atomic E-state index is 0.000694. The minimum atomic E-state index is -0.895. The van der Waals surface area contributed by atoms with E-state index in [1.54, 1.807) is 13.8 Å². The van der Waals surface area contributed by atoms with Crippen LogP contribution in [0.25, 0.3) is 0 Å². The van der Waals surface area contributed by atoms with Crippen LogP contribution in [0.4, 0.5) is 0 Å². The molecule has 0 aromatic rings. The molecule has 1 aliphatic rings. The van der Waals surface area contributed by atoms with Gasteiger partial charge in [-0.2, -0.15) is 0 Å². The van der Waals surface area contributed by atoms with Crippen LogP contribution in [0.1, 0.15) is 40.0 Å². The van der Waals surface area contributed by atoms with E-state index >= 15 is 0 Å². The number of carboxylic acid groups (broad SMARTS) is 1. The van der Waals surface area contributed by atoms with E-state index in [2.05, 4.69) is 6.92 Å². The molecule has 3 atom stereocenters. The van der Waals surface area contributed by atoms with Gasteiger partial charge in [-0.15, -0.1) is 0 Å². The van der Waals surface area contributed by atoms with E-state index in [0.29, 0.717) is 6.04 Å². The Bertz CT molecular complexity index is 277. The van der Waals surface area contributed by atoms with E-state index in [1.807, 2.05) is 4.90 Å². The maximum absolute atomic E-state index is 12.1. The van der Waals surface area contributed by atoms with Crippen molar-refractivity contribution in [3.63, 3.8) is 0 Å². The summed E-state index contributed by atoms with van der Waals surface area (Å²) < 4.78 is 0. The van der Waals surface area contributed by atoms with Crippen LogP contribution in [0.5, 0.6) is 0 Å². The molecule has 16 heavy (non-hydrogen) atoms. The lowest BCUT2D eigenvalue weighted by Gasteiger charge is -2.28. The topological polar surface area (TPSA) is 57.6 Å². The Morgan fingerprint density at radius 1 is 1.38 bits per heavy atom. The van der Waals surface area contributed by atoms with Crippen LogP contribution in [0, 0.1) is 11.8 Å². The van der Waals surface area contributed by atoms with Gasteiger partial charge in [0.25, 0.3) is 0 Å². The van der Waals surface area contributed by atoms with Crippen molar-refractivity contribution in [2.75, 3.05) is 6.54 Å². The first-order valence-corrected chi connectivity index (χ1v) is 6.02. The van der Waals surface area contributed by atoms with Crippen LogP contribution in [0.3, 0.4) is 0 Å². The highest BCUT2D eigenvalue weighted by Gasteiger charge is 2.34. The van der Waals surface area contributed by atoms with Gasteiger partial charge in [0.1, 0.15) is 0 Å². The molecule has 1 heterocycles. The number of hydrogen-bond donors (Lipinski definition) is 1. The molecule has 4 nitrogen and oxygen atoms in total. The zero-order valence-corrected chi connectivity index (χ0v) is 10.3. The summed E-state index contributed by atoms with van der Waals surface area (Å²) >= 11 is 0. The Balaban J connectivity index is 2.66. The first-order chi connectivity index (χ1) is 7.49. The second-order valence-electron chi connectivity index (χ2n) is 4.65. The first kappa shape index (κ1) is 13.0. The van der Waals surface area contributed by atoms with E-state index in [4.69, 9.17) is 5.11 Å². The molecule has 0 bridgehead atoms. The van der Waals surface area contributed by atoms with Gasteiger partial charge in [-0.05, 0) is 19.3 Å². The fourth-order valence-corrected chi connectivity index (χ4v) is 2.24. The summed E-state index contributed by atoms with van der Waals surface area (Å²) in [6, 6.07) is 0.316. The molecule has 0 spiro atoms. The van der Waals surface area contributed by atoms with Gasteiger partial charge in [0.15, 0.2) is 0 Å². The summed E-state index contributed by atoms with van der Waals surface area (Å²) in [6.45, 7) is 6.17. The SMILES string of the molecule is CCC1CCCN1C(=O)C(C)C(C)C(=O)O. The third-order valence-electron chi connectivity index (χ3n) is 3.66. The lowest BCUT2D eigenvalue weighted by atomic mass is 9.94. The summed E-state index contributed by atoms with van der Waals surface area (Å²) in [5.41, 5.74) is 0. The van der Waals surface area contributed by atoms with Crippen molar-refractivity contribution in [1.29, 1.82) is 0 Å². The van der Waals surface area contributed by atoms with Crippen LogP contribution >= 0.6 is 0 Å². The van der Waals surface area contributed by atoms with Gasteiger partial charge in [-0.1, -0.05) is 20.8 Å². The van der Waals surface area contributed by atoms with Gasteiger partial charge in [0.05, 0.1) is 5.92 Å². The Labute approximate surface area is 96.6 Å². The molecule has 0 saturated carbocycles. The van der Waals surface area contributed by atoms with Crippen molar-refractivity contribution in [3.8, 4) is 0 Å². The van der Waals surface area contributed by atoms with Crippen LogP contribution in [0.15, 0.2) is 0 Å². The summed E-state index contributed by atoms with van der Waals surface area (Å²) in [5, 5.41) is 8.90. The van der Waals surface area contributed by atoms with Gasteiger partial charge in [-0.25, -0.2) is 0 Å². The molecule has 1 amide bonds. The monoisotopic (exact) mass is 227 g/mol. The fourth-order valence-electron chi connectivity index (χ4n) is 2.24. The third kappa shape index (κ3) is 2.54. The molecule has 1 rings (SSSR count). The lowest BCUT2D eigenvalue weighted by Crippen LogP contribution is -2.41. The summed E-state index contributed by atoms with van der Waals surface area (Å²) in [6.07, 6.45) is 3.05. The van der Waals surface area contributed by atoms with Crippen molar-refractivity contribution < 1.29 is 14.7 Å². The number of hydrogen-bond acceptors (Lipinski definition) is 2. The molecule has 1 saturated heterocycles. The number of amides is 1. The molecule has 0 aliphatic carbocycles. The van der Waals surface area contributed by atoms with E-state index in [9.17, 15) is 9.59 Å². The predicted molar refractivity (Wildman–Crippen MR) is 61.0 cm³/mol. The quantitative estimate of drug-likeness (QED) is 0.796. The van der Waals surface area contributed by atoms with Gasteiger partial charge >= 0.3 is 5.97 Å². The Hall–Kier alpha value is -1.06. The van der Waals surface area contributed by atoms with Gasteiger partial charge < -0.3 is 10.0 Å². The number of carbonyl (C=O) groups excluding carboxylic acids is 1. The molecule has 1 fully saturated rings. The number of nitrogens with zero attached hydrogens (tertiary/aromatic N) is 1. The van der Waals surface area contributed by atoms with Crippen molar-refractivity contribution in [2.24, 2.45) is 11.8 Å². The van der Waals surface area contributed by atoms with Crippen LogP contribution in [-0.4, -0.2) is 34.5 Å². The highest BCUT2D eigenvalue weighted by Crippen LogP contribution is 2.24. The van der Waals surface area contributed by atoms with Crippen molar-refractivity contribution in [3.05, 3.63) is 0 Å². The molecule has 1 aliphatic heterocycles. The standard InChI is InChI=1S/C12H21NO3/c1-4-10-6-5-7-13(10)11(14)8(2)9(3)12(15)16/h8-10H,4-7H2,1-3H3,(H,15,16). The average molecular weight is 227 g/mol. The normalized spacial score (nSPS) is 24.2. The summed E-state index contributed by atoms with van der Waals surface area (Å²) in [7, 11) is 0. The van der Waals surface area contributed by atoms with Crippen LogP contribution in [-0.2, 0) is 9.59 Å². The molecule has 4 heteroatoms. The Morgan fingerprint density at radius 3 is 2.50 bits per heavy atom. The zero-order valence-electron chi connectivity index (χ0n) is 10.3. The molecule has 0 radical (unpaired) electrons. The van der Waals surface area contributed by atoms with Crippen LogP contribution in [0.2, 0.25) is 0 Å². The second-order valence-corrected chi connectivity index (χ2v) is 4.65. The highest BCUT2D eigenvalue weighted by molar-refractivity contribution is 5.84. The molecule has 1 N–H and O–H groups in total. The van der Waals surface area contributed by atoms with Gasteiger partial charge in [0, 0.05) is 18.5 Å². The zero-order chi connectivity index (χ0) is 12.3. The lowest BCUT2D eigenvalue weighted by molar-refractivity contribution is -0.149. The summed E-state index contributed by atoms with van der Waals surface area (Å²) in [5.74, 6) is -1.93. The molecular weight excluding hydrogens is 206 g/mol. The fraction of sp³-hybridized carbons (Fsp3) is 0.833. The largest absolute Gasteiger partial charge is 0.481 e. The summed E-state index contributed by atoms with van der Waals surface area (Å²) in [4.78, 5) is 24.8. The number of aliphatic carboxylic acids is 1. The first-order valence-electron chi connectivity index (χ1n) is 6.02. The van der Waals surface area contributed by atoms with Crippen molar-refractivity contribution >= 4 is 11.9 Å². The molecular formula is C12H21NO3. The van der Waals surface area contributed by atoms with E-state index in [1.165, 1.54) is 0 Å². The third-order valence-corrected chi connectivity index (χ3v) is 3.66. The van der Waals surface area contributed by atoms with E-state index in [-0.39, 0.29) is 5.91 Å². The van der Waals surface area contributed by atoms with Crippen molar-refractivity contribution in [2.45, 2.75) is 46.1 Å². The van der Waals surface area contributed by atoms with E-state index in [0.717, 1.165) is 25.8 Å². The molecule has 3 unspecified atom stereocenters. The van der Waals surface area contributed by atoms with Gasteiger partial charge in [0.2, 0.25) is 5.91 Å². The number of carboxylic acids is 1. The second kappa shape index (κ2) is 5.32. The van der Waals surface area contributed by atoms with Crippen molar-refractivity contribution in [1.82, 2.24) is 4.90 Å². The maximum atomic E-state index is 12.1. The Kier molecular flexibility index (Phi) is 4.33. The average Bonchev–Trinajstić information content (AvgIpc) is 2.73. The Morgan fingerprint density at radius 2 is 2.00 bits per heavy atom. The molecule has 0 aromatic heterocycles. The minimum Gasteiger partial charge on any atom is -0.481 e. The number of carbonyl (C=O) groups is 2.